The predicted octanol–water partition coefficient (Wildman–Crippen LogP) is 3.02. The maximum Gasteiger partial charge on any atom is 0.421 e. The minimum absolute atomic E-state index is 0.0279. The average molecular weight is 272 g/mol. The summed E-state index contributed by atoms with van der Waals surface area (Å²) in [7, 11) is 0. The van der Waals surface area contributed by atoms with E-state index in [1.54, 1.807) is 6.07 Å². The lowest BCUT2D eigenvalue weighted by molar-refractivity contribution is -0.258. The van der Waals surface area contributed by atoms with Crippen molar-refractivity contribution in [2.45, 2.75) is 18.7 Å². The van der Waals surface area contributed by atoms with Crippen LogP contribution in [0.3, 0.4) is 0 Å². The van der Waals surface area contributed by atoms with Gasteiger partial charge in [-0.05, 0) is 23.8 Å². The lowest BCUT2D eigenvalue weighted by Crippen LogP contribution is -2.39. The van der Waals surface area contributed by atoms with E-state index in [1.807, 2.05) is 0 Å². The monoisotopic (exact) mass is 272 g/mol. The molecular formula is C13H11F3O3. The third kappa shape index (κ3) is 1.98. The molecule has 0 radical (unpaired) electrons. The molecule has 2 rings (SSSR count). The second kappa shape index (κ2) is 4.03. The summed E-state index contributed by atoms with van der Waals surface area (Å²) in [6.07, 6.45) is -4.99. The zero-order valence-corrected chi connectivity index (χ0v) is 9.86. The molecule has 0 heterocycles. The van der Waals surface area contributed by atoms with Gasteiger partial charge in [-0.15, -0.1) is 0 Å². The molecule has 102 valence electrons. The average Bonchev–Trinajstić information content (AvgIpc) is 2.28. The van der Waals surface area contributed by atoms with Gasteiger partial charge in [0.25, 0.3) is 0 Å². The Kier molecular flexibility index (Phi) is 2.86. The van der Waals surface area contributed by atoms with E-state index in [2.05, 4.69) is 0 Å². The lowest BCUT2D eigenvalue weighted by atomic mass is 9.89. The Morgan fingerprint density at radius 1 is 1.05 bits per heavy atom. The van der Waals surface area contributed by atoms with Gasteiger partial charge in [-0.1, -0.05) is 24.3 Å². The number of hydrogen-bond acceptors (Lipinski definition) is 3. The van der Waals surface area contributed by atoms with Crippen molar-refractivity contribution in [1.29, 1.82) is 0 Å². The number of alkyl halides is 3. The van der Waals surface area contributed by atoms with Crippen LogP contribution >= 0.6 is 0 Å². The van der Waals surface area contributed by atoms with Crippen LogP contribution in [0.1, 0.15) is 12.5 Å². The van der Waals surface area contributed by atoms with Crippen molar-refractivity contribution < 1.29 is 28.5 Å². The highest BCUT2D eigenvalue weighted by Crippen LogP contribution is 2.48. The zero-order chi connectivity index (χ0) is 14.4. The van der Waals surface area contributed by atoms with Gasteiger partial charge in [0.2, 0.25) is 0 Å². The van der Waals surface area contributed by atoms with Crippen molar-refractivity contribution in [2.75, 3.05) is 0 Å². The Balaban J connectivity index is 2.89. The minimum Gasteiger partial charge on any atom is -0.504 e. The Morgan fingerprint density at radius 3 is 2.21 bits per heavy atom. The van der Waals surface area contributed by atoms with Crippen molar-refractivity contribution in [1.82, 2.24) is 0 Å². The van der Waals surface area contributed by atoms with Crippen molar-refractivity contribution in [2.24, 2.45) is 0 Å². The van der Waals surface area contributed by atoms with Gasteiger partial charge in [-0.2, -0.15) is 13.2 Å². The largest absolute Gasteiger partial charge is 0.504 e. The zero-order valence-electron chi connectivity index (χ0n) is 9.86. The number of aromatic hydroxyl groups is 2. The first kappa shape index (κ1) is 13.5. The molecule has 0 saturated carbocycles. The SMILES string of the molecule is CC(O)(c1c(O)c(O)cc2ccccc12)C(F)(F)F. The molecule has 1 unspecified atom stereocenters. The minimum atomic E-state index is -4.99. The molecule has 6 heteroatoms. The van der Waals surface area contributed by atoms with E-state index in [0.717, 1.165) is 6.07 Å². The van der Waals surface area contributed by atoms with Crippen molar-refractivity contribution in [3.05, 3.63) is 35.9 Å². The summed E-state index contributed by atoms with van der Waals surface area (Å²) in [5.41, 5.74) is -4.02. The van der Waals surface area contributed by atoms with Crippen molar-refractivity contribution in [3.8, 4) is 11.5 Å². The summed E-state index contributed by atoms with van der Waals surface area (Å²) in [6.45, 7) is 0.536. The lowest BCUT2D eigenvalue weighted by Gasteiger charge is -2.28. The number of benzene rings is 2. The van der Waals surface area contributed by atoms with E-state index < -0.39 is 28.8 Å². The molecule has 1 atom stereocenters. The molecule has 0 saturated heterocycles. The third-order valence-corrected chi connectivity index (χ3v) is 3.04. The van der Waals surface area contributed by atoms with Crippen molar-refractivity contribution in [3.63, 3.8) is 0 Å². The van der Waals surface area contributed by atoms with Crippen LogP contribution in [0.25, 0.3) is 10.8 Å². The van der Waals surface area contributed by atoms with Crippen LogP contribution in [0.5, 0.6) is 11.5 Å². The number of fused-ring (bicyclic) bond motifs is 1. The maximum atomic E-state index is 12.9. The first-order valence-corrected chi connectivity index (χ1v) is 5.39. The summed E-state index contributed by atoms with van der Waals surface area (Å²) in [5.74, 6) is -1.68. The van der Waals surface area contributed by atoms with E-state index in [9.17, 15) is 28.5 Å². The van der Waals surface area contributed by atoms with Gasteiger partial charge in [0.15, 0.2) is 17.1 Å². The Bertz CT molecular complexity index is 633. The van der Waals surface area contributed by atoms with Gasteiger partial charge in [-0.3, -0.25) is 0 Å². The highest BCUT2D eigenvalue weighted by Gasteiger charge is 2.53. The molecular weight excluding hydrogens is 261 g/mol. The van der Waals surface area contributed by atoms with E-state index in [4.69, 9.17) is 0 Å². The fourth-order valence-electron chi connectivity index (χ4n) is 1.96. The molecule has 0 aliphatic carbocycles. The molecule has 0 aromatic heterocycles. The van der Waals surface area contributed by atoms with E-state index in [0.29, 0.717) is 6.92 Å². The predicted molar refractivity (Wildman–Crippen MR) is 62.9 cm³/mol. The van der Waals surface area contributed by atoms with Crippen LogP contribution in [0.2, 0.25) is 0 Å². The third-order valence-electron chi connectivity index (χ3n) is 3.04. The smallest absolute Gasteiger partial charge is 0.421 e. The van der Waals surface area contributed by atoms with Crippen LogP contribution in [0.4, 0.5) is 13.2 Å². The van der Waals surface area contributed by atoms with E-state index in [1.165, 1.54) is 18.2 Å². The topological polar surface area (TPSA) is 60.7 Å². The molecule has 0 aliphatic rings. The first-order chi connectivity index (χ1) is 8.66. The van der Waals surface area contributed by atoms with Gasteiger partial charge in [-0.25, -0.2) is 0 Å². The van der Waals surface area contributed by atoms with Crippen LogP contribution in [0.15, 0.2) is 30.3 Å². The standard InChI is InChI=1S/C13H11F3O3/c1-12(19,13(14,15)16)10-8-5-3-2-4-7(8)6-9(17)11(10)18/h2-6,17-19H,1H3. The molecule has 3 nitrogen and oxygen atoms in total. The van der Waals surface area contributed by atoms with Crippen molar-refractivity contribution >= 4 is 10.8 Å². The van der Waals surface area contributed by atoms with E-state index in [-0.39, 0.29) is 10.8 Å². The molecule has 0 spiro atoms. The summed E-state index contributed by atoms with van der Waals surface area (Å²) >= 11 is 0. The van der Waals surface area contributed by atoms with Gasteiger partial charge in [0.05, 0.1) is 0 Å². The molecule has 2 aromatic carbocycles. The van der Waals surface area contributed by atoms with Crippen LogP contribution in [-0.4, -0.2) is 21.5 Å². The van der Waals surface area contributed by atoms with Gasteiger partial charge < -0.3 is 15.3 Å². The molecule has 0 bridgehead atoms. The highest BCUT2D eigenvalue weighted by atomic mass is 19.4. The second-order valence-electron chi connectivity index (χ2n) is 4.41. The highest BCUT2D eigenvalue weighted by molar-refractivity contribution is 5.90. The summed E-state index contributed by atoms with van der Waals surface area (Å²) < 4.78 is 38.7. The molecule has 0 fully saturated rings. The number of phenolic OH excluding ortho intramolecular Hbond substituents is 2. The summed E-state index contributed by atoms with van der Waals surface area (Å²) in [6, 6.07) is 7.01. The van der Waals surface area contributed by atoms with Crippen LogP contribution < -0.4 is 0 Å². The normalized spacial score (nSPS) is 15.4. The van der Waals surface area contributed by atoms with Gasteiger partial charge in [0, 0.05) is 5.56 Å². The molecule has 0 aliphatic heterocycles. The summed E-state index contributed by atoms with van der Waals surface area (Å²) in [4.78, 5) is 0. The quantitative estimate of drug-likeness (QED) is 0.699. The second-order valence-corrected chi connectivity index (χ2v) is 4.41. The molecule has 2 aromatic rings. The van der Waals surface area contributed by atoms with Crippen LogP contribution in [0, 0.1) is 0 Å². The fraction of sp³-hybridized carbons (Fsp3) is 0.231. The number of aliphatic hydroxyl groups is 1. The Labute approximate surface area is 106 Å². The Morgan fingerprint density at radius 2 is 1.63 bits per heavy atom. The first-order valence-electron chi connectivity index (χ1n) is 5.39. The fourth-order valence-corrected chi connectivity index (χ4v) is 1.96. The summed E-state index contributed by atoms with van der Waals surface area (Å²) in [5, 5.41) is 29.2. The maximum absolute atomic E-state index is 12.9. The number of rotatable bonds is 1. The molecule has 19 heavy (non-hydrogen) atoms. The molecule has 0 amide bonds. The van der Waals surface area contributed by atoms with Gasteiger partial charge >= 0.3 is 6.18 Å². The van der Waals surface area contributed by atoms with E-state index >= 15 is 0 Å². The number of phenols is 2. The number of hydrogen-bond donors (Lipinski definition) is 3. The number of halogens is 3. The van der Waals surface area contributed by atoms with Crippen LogP contribution in [-0.2, 0) is 5.60 Å². The Hall–Kier alpha value is -1.95. The van der Waals surface area contributed by atoms with Gasteiger partial charge in [0.1, 0.15) is 0 Å². The molecule has 3 N–H and O–H groups in total.